The fourth-order valence-corrected chi connectivity index (χ4v) is 3.45. The third kappa shape index (κ3) is 3.67. The van der Waals surface area contributed by atoms with Gasteiger partial charge in [0.2, 0.25) is 0 Å². The van der Waals surface area contributed by atoms with Crippen molar-refractivity contribution >= 4 is 0 Å². The summed E-state index contributed by atoms with van der Waals surface area (Å²) >= 11 is 0. The molecule has 3 heteroatoms. The average Bonchev–Trinajstić information content (AvgIpc) is 2.62. The second-order valence-corrected chi connectivity index (χ2v) is 6.81. The zero-order valence-corrected chi connectivity index (χ0v) is 12.0. The van der Waals surface area contributed by atoms with Gasteiger partial charge in [0.05, 0.1) is 0 Å². The minimum absolute atomic E-state index is 0.323. The van der Waals surface area contributed by atoms with Crippen molar-refractivity contribution in [3.63, 3.8) is 0 Å². The summed E-state index contributed by atoms with van der Waals surface area (Å²) in [6.07, 6.45) is 3.98. The molecule has 0 aromatic rings. The van der Waals surface area contributed by atoms with E-state index in [9.17, 15) is 0 Å². The first-order valence-electron chi connectivity index (χ1n) is 7.10. The summed E-state index contributed by atoms with van der Waals surface area (Å²) in [7, 11) is 4.57. The fourth-order valence-electron chi connectivity index (χ4n) is 3.45. The molecule has 2 unspecified atom stereocenters. The lowest BCUT2D eigenvalue weighted by molar-refractivity contribution is 0.128. The molecule has 2 heterocycles. The number of hydrogen-bond donors (Lipinski definition) is 1. The molecule has 2 saturated heterocycles. The first-order chi connectivity index (χ1) is 7.96. The molecule has 0 saturated carbocycles. The summed E-state index contributed by atoms with van der Waals surface area (Å²) in [6, 6.07) is 0.775. The number of piperidine rings is 1. The Balaban J connectivity index is 1.81. The van der Waals surface area contributed by atoms with Gasteiger partial charge in [-0.05, 0) is 66.2 Å². The first-order valence-corrected chi connectivity index (χ1v) is 7.10. The molecule has 1 N–H and O–H groups in total. The molecule has 0 radical (unpaired) electrons. The van der Waals surface area contributed by atoms with E-state index < -0.39 is 0 Å². The summed E-state index contributed by atoms with van der Waals surface area (Å²) in [5.74, 6) is 0.892. The van der Waals surface area contributed by atoms with Crippen molar-refractivity contribution in [3.8, 4) is 0 Å². The van der Waals surface area contributed by atoms with Crippen LogP contribution in [0.5, 0.6) is 0 Å². The van der Waals surface area contributed by atoms with Crippen LogP contribution < -0.4 is 5.32 Å². The van der Waals surface area contributed by atoms with Crippen LogP contribution in [0.3, 0.4) is 0 Å². The molecule has 2 aliphatic rings. The number of likely N-dealkylation sites (tertiary alicyclic amines) is 1. The summed E-state index contributed by atoms with van der Waals surface area (Å²) < 4.78 is 0. The smallest absolute Gasteiger partial charge is 0.0140 e. The van der Waals surface area contributed by atoms with Crippen molar-refractivity contribution in [1.29, 1.82) is 0 Å². The van der Waals surface area contributed by atoms with Gasteiger partial charge in [-0.3, -0.25) is 0 Å². The lowest BCUT2D eigenvalue weighted by Gasteiger charge is -2.41. The van der Waals surface area contributed by atoms with Crippen LogP contribution in [0.1, 0.15) is 33.1 Å². The molecule has 0 bridgehead atoms. The van der Waals surface area contributed by atoms with Gasteiger partial charge in [0, 0.05) is 24.7 Å². The molecule has 0 spiro atoms. The van der Waals surface area contributed by atoms with Crippen LogP contribution in [0, 0.1) is 5.92 Å². The Bertz CT molecular complexity index is 252. The summed E-state index contributed by atoms with van der Waals surface area (Å²) in [5, 5.41) is 3.61. The van der Waals surface area contributed by atoms with Crippen molar-refractivity contribution < 1.29 is 0 Å². The van der Waals surface area contributed by atoms with Gasteiger partial charge in [-0.2, -0.15) is 0 Å². The van der Waals surface area contributed by atoms with Crippen LogP contribution in [0.25, 0.3) is 0 Å². The van der Waals surface area contributed by atoms with E-state index in [0.717, 1.165) is 12.0 Å². The molecule has 0 aromatic heterocycles. The third-order valence-electron chi connectivity index (χ3n) is 4.49. The van der Waals surface area contributed by atoms with E-state index >= 15 is 0 Å². The molecular formula is C14H29N3. The number of hydrogen-bond acceptors (Lipinski definition) is 3. The van der Waals surface area contributed by atoms with Crippen LogP contribution >= 0.6 is 0 Å². The summed E-state index contributed by atoms with van der Waals surface area (Å²) in [6.45, 7) is 9.69. The zero-order valence-electron chi connectivity index (χ0n) is 12.0. The molecule has 100 valence electrons. The highest BCUT2D eigenvalue weighted by atomic mass is 15.2. The van der Waals surface area contributed by atoms with E-state index in [1.807, 2.05) is 0 Å². The largest absolute Gasteiger partial charge is 0.312 e. The highest BCUT2D eigenvalue weighted by Gasteiger charge is 2.31. The second-order valence-electron chi connectivity index (χ2n) is 6.81. The Hall–Kier alpha value is -0.120. The van der Waals surface area contributed by atoms with E-state index in [0.29, 0.717) is 5.54 Å². The molecule has 17 heavy (non-hydrogen) atoms. The molecule has 0 aliphatic carbocycles. The van der Waals surface area contributed by atoms with Crippen LogP contribution in [0.15, 0.2) is 0 Å². The lowest BCUT2D eigenvalue weighted by atomic mass is 9.88. The van der Waals surface area contributed by atoms with Gasteiger partial charge in [-0.25, -0.2) is 0 Å². The maximum atomic E-state index is 3.61. The second kappa shape index (κ2) is 5.25. The van der Waals surface area contributed by atoms with Crippen molar-refractivity contribution in [2.75, 3.05) is 40.3 Å². The molecule has 2 atom stereocenters. The molecule has 2 rings (SSSR count). The minimum Gasteiger partial charge on any atom is -0.312 e. The Morgan fingerprint density at radius 3 is 2.71 bits per heavy atom. The predicted octanol–water partition coefficient (Wildman–Crippen LogP) is 1.40. The topological polar surface area (TPSA) is 18.5 Å². The molecule has 0 aromatic carbocycles. The lowest BCUT2D eigenvalue weighted by Crippen LogP contribution is -2.53. The predicted molar refractivity (Wildman–Crippen MR) is 73.3 cm³/mol. The first kappa shape index (κ1) is 13.3. The van der Waals surface area contributed by atoms with Crippen molar-refractivity contribution in [2.45, 2.75) is 44.7 Å². The monoisotopic (exact) mass is 239 g/mol. The molecular weight excluding hydrogens is 210 g/mol. The van der Waals surface area contributed by atoms with Crippen LogP contribution in [-0.2, 0) is 0 Å². The SMILES string of the molecule is CN1CCC(CN(C)C2CCNC(C)(C)C2)C1. The van der Waals surface area contributed by atoms with Gasteiger partial charge < -0.3 is 15.1 Å². The van der Waals surface area contributed by atoms with E-state index in [-0.39, 0.29) is 0 Å². The van der Waals surface area contributed by atoms with Crippen molar-refractivity contribution in [2.24, 2.45) is 5.92 Å². The quantitative estimate of drug-likeness (QED) is 0.803. The van der Waals surface area contributed by atoms with Gasteiger partial charge in [0.1, 0.15) is 0 Å². The number of nitrogens with zero attached hydrogens (tertiary/aromatic N) is 2. The van der Waals surface area contributed by atoms with E-state index in [4.69, 9.17) is 0 Å². The molecule has 0 amide bonds. The van der Waals surface area contributed by atoms with Gasteiger partial charge in [0.25, 0.3) is 0 Å². The fraction of sp³-hybridized carbons (Fsp3) is 1.00. The maximum Gasteiger partial charge on any atom is 0.0140 e. The van der Waals surface area contributed by atoms with Gasteiger partial charge in [0.15, 0.2) is 0 Å². The summed E-state index contributed by atoms with van der Waals surface area (Å²) in [5.41, 5.74) is 0.323. The van der Waals surface area contributed by atoms with Crippen LogP contribution in [0.4, 0.5) is 0 Å². The molecule has 2 fully saturated rings. The normalized spacial score (nSPS) is 34.4. The Labute approximate surface area is 107 Å². The van der Waals surface area contributed by atoms with E-state index in [1.165, 1.54) is 45.4 Å². The molecule has 3 nitrogen and oxygen atoms in total. The number of nitrogens with one attached hydrogen (secondary N) is 1. The number of rotatable bonds is 3. The Morgan fingerprint density at radius 1 is 1.35 bits per heavy atom. The van der Waals surface area contributed by atoms with Gasteiger partial charge in [-0.1, -0.05) is 0 Å². The zero-order chi connectivity index (χ0) is 12.5. The van der Waals surface area contributed by atoms with Crippen LogP contribution in [0.2, 0.25) is 0 Å². The van der Waals surface area contributed by atoms with Gasteiger partial charge in [-0.15, -0.1) is 0 Å². The highest BCUT2D eigenvalue weighted by Crippen LogP contribution is 2.24. The minimum atomic E-state index is 0.323. The van der Waals surface area contributed by atoms with Crippen molar-refractivity contribution in [3.05, 3.63) is 0 Å². The van der Waals surface area contributed by atoms with Gasteiger partial charge >= 0.3 is 0 Å². The van der Waals surface area contributed by atoms with Crippen molar-refractivity contribution in [1.82, 2.24) is 15.1 Å². The maximum absolute atomic E-state index is 3.61. The Kier molecular flexibility index (Phi) is 4.11. The molecule has 2 aliphatic heterocycles. The Morgan fingerprint density at radius 2 is 2.12 bits per heavy atom. The van der Waals surface area contributed by atoms with E-state index in [2.05, 4.69) is 43.1 Å². The summed E-state index contributed by atoms with van der Waals surface area (Å²) in [4.78, 5) is 5.08. The average molecular weight is 239 g/mol. The highest BCUT2D eigenvalue weighted by molar-refractivity contribution is 4.90. The van der Waals surface area contributed by atoms with E-state index in [1.54, 1.807) is 0 Å². The third-order valence-corrected chi connectivity index (χ3v) is 4.49. The standard InChI is InChI=1S/C14H29N3/c1-14(2)9-13(5-7-15-14)17(4)11-12-6-8-16(3)10-12/h12-13,15H,5-11H2,1-4H3. The van der Waals surface area contributed by atoms with Crippen LogP contribution in [-0.4, -0.2) is 61.7 Å².